The normalized spacial score (nSPS) is 35.6. The smallest absolute Gasteiger partial charge is 0.0236 e. The van der Waals surface area contributed by atoms with Crippen LogP contribution in [0.5, 0.6) is 0 Å². The Bertz CT molecular complexity index is 294. The van der Waals surface area contributed by atoms with Gasteiger partial charge in [0.15, 0.2) is 0 Å². The predicted molar refractivity (Wildman–Crippen MR) is 92.3 cm³/mol. The number of piperazine rings is 1. The Balaban J connectivity index is 0.00000161. The molecule has 0 amide bonds. The van der Waals surface area contributed by atoms with Gasteiger partial charge in [-0.05, 0) is 37.6 Å². The van der Waals surface area contributed by atoms with Gasteiger partial charge >= 0.3 is 0 Å². The zero-order valence-electron chi connectivity index (χ0n) is 13.7. The number of nitrogens with one attached hydrogen (secondary N) is 1. The van der Waals surface area contributed by atoms with Gasteiger partial charge in [0.2, 0.25) is 0 Å². The third kappa shape index (κ3) is 4.82. The molecule has 1 saturated carbocycles. The quantitative estimate of drug-likeness (QED) is 0.860. The summed E-state index contributed by atoms with van der Waals surface area (Å²) in [4.78, 5) is 5.50. The van der Waals surface area contributed by atoms with Crippen molar-refractivity contribution in [1.82, 2.24) is 15.1 Å². The SMILES string of the molecule is CCC1CCCC(CN2CCC(N3CCNCC3)C2)C1.Cl. The molecule has 3 unspecified atom stereocenters. The van der Waals surface area contributed by atoms with E-state index in [2.05, 4.69) is 22.0 Å². The second kappa shape index (κ2) is 8.71. The van der Waals surface area contributed by atoms with Crippen molar-refractivity contribution in [2.24, 2.45) is 11.8 Å². The van der Waals surface area contributed by atoms with E-state index >= 15 is 0 Å². The van der Waals surface area contributed by atoms with Gasteiger partial charge in [-0.15, -0.1) is 12.4 Å². The van der Waals surface area contributed by atoms with Gasteiger partial charge in [0.25, 0.3) is 0 Å². The molecule has 1 N–H and O–H groups in total. The van der Waals surface area contributed by atoms with Crippen molar-refractivity contribution in [2.45, 2.75) is 51.5 Å². The maximum atomic E-state index is 3.47. The lowest BCUT2D eigenvalue weighted by Gasteiger charge is -2.34. The Morgan fingerprint density at radius 2 is 1.76 bits per heavy atom. The Kier molecular flexibility index (Phi) is 7.27. The van der Waals surface area contributed by atoms with E-state index < -0.39 is 0 Å². The van der Waals surface area contributed by atoms with Crippen molar-refractivity contribution in [1.29, 1.82) is 0 Å². The summed E-state index contributed by atoms with van der Waals surface area (Å²) >= 11 is 0. The Labute approximate surface area is 137 Å². The van der Waals surface area contributed by atoms with E-state index in [1.807, 2.05) is 0 Å². The molecule has 1 aliphatic carbocycles. The summed E-state index contributed by atoms with van der Waals surface area (Å²) in [5, 5.41) is 3.47. The minimum absolute atomic E-state index is 0. The lowest BCUT2D eigenvalue weighted by atomic mass is 9.80. The highest BCUT2D eigenvalue weighted by molar-refractivity contribution is 5.85. The zero-order valence-corrected chi connectivity index (χ0v) is 14.5. The molecule has 3 atom stereocenters. The fraction of sp³-hybridized carbons (Fsp3) is 1.00. The average molecular weight is 316 g/mol. The van der Waals surface area contributed by atoms with Crippen LogP contribution in [0.25, 0.3) is 0 Å². The first-order valence-electron chi connectivity index (χ1n) is 9.02. The molecule has 2 aliphatic heterocycles. The van der Waals surface area contributed by atoms with Crippen LogP contribution in [0.4, 0.5) is 0 Å². The van der Waals surface area contributed by atoms with E-state index in [9.17, 15) is 0 Å². The van der Waals surface area contributed by atoms with Crippen LogP contribution in [-0.4, -0.2) is 61.7 Å². The number of likely N-dealkylation sites (tertiary alicyclic amines) is 1. The molecule has 3 nitrogen and oxygen atoms in total. The van der Waals surface area contributed by atoms with Crippen molar-refractivity contribution in [3.63, 3.8) is 0 Å². The molecule has 0 spiro atoms. The molecule has 3 fully saturated rings. The minimum atomic E-state index is 0. The number of halogens is 1. The molecule has 0 radical (unpaired) electrons. The maximum absolute atomic E-state index is 3.47. The highest BCUT2D eigenvalue weighted by Crippen LogP contribution is 2.32. The van der Waals surface area contributed by atoms with Crippen LogP contribution >= 0.6 is 12.4 Å². The number of rotatable bonds is 4. The van der Waals surface area contributed by atoms with Crippen LogP contribution in [0, 0.1) is 11.8 Å². The van der Waals surface area contributed by atoms with Crippen molar-refractivity contribution in [2.75, 3.05) is 45.8 Å². The first kappa shape index (κ1) is 17.5. The van der Waals surface area contributed by atoms with E-state index in [0.29, 0.717) is 0 Å². The van der Waals surface area contributed by atoms with Gasteiger partial charge in [0.05, 0.1) is 0 Å². The topological polar surface area (TPSA) is 18.5 Å². The Morgan fingerprint density at radius 1 is 1.00 bits per heavy atom. The van der Waals surface area contributed by atoms with Gasteiger partial charge in [0, 0.05) is 45.3 Å². The van der Waals surface area contributed by atoms with Crippen molar-refractivity contribution >= 4 is 12.4 Å². The summed E-state index contributed by atoms with van der Waals surface area (Å²) in [7, 11) is 0. The number of nitrogens with zero attached hydrogens (tertiary/aromatic N) is 2. The van der Waals surface area contributed by atoms with Crippen LogP contribution in [0.2, 0.25) is 0 Å². The van der Waals surface area contributed by atoms with Crippen LogP contribution in [0.1, 0.15) is 45.4 Å². The minimum Gasteiger partial charge on any atom is -0.314 e. The summed E-state index contributed by atoms with van der Waals surface area (Å²) in [5.74, 6) is 2.02. The molecular weight excluding hydrogens is 282 g/mol. The Hall–Kier alpha value is 0.170. The lowest BCUT2D eigenvalue weighted by Crippen LogP contribution is -2.49. The van der Waals surface area contributed by atoms with Crippen molar-refractivity contribution < 1.29 is 0 Å². The third-order valence-electron chi connectivity index (χ3n) is 5.90. The van der Waals surface area contributed by atoms with Gasteiger partial charge in [-0.25, -0.2) is 0 Å². The second-order valence-corrected chi connectivity index (χ2v) is 7.29. The van der Waals surface area contributed by atoms with Crippen molar-refractivity contribution in [3.05, 3.63) is 0 Å². The van der Waals surface area contributed by atoms with E-state index in [0.717, 1.165) is 17.9 Å². The van der Waals surface area contributed by atoms with Crippen LogP contribution in [0.15, 0.2) is 0 Å². The number of hydrogen-bond donors (Lipinski definition) is 1. The maximum Gasteiger partial charge on any atom is 0.0236 e. The molecule has 0 aromatic carbocycles. The zero-order chi connectivity index (χ0) is 13.8. The van der Waals surface area contributed by atoms with Crippen LogP contribution in [-0.2, 0) is 0 Å². The van der Waals surface area contributed by atoms with E-state index in [1.165, 1.54) is 84.3 Å². The second-order valence-electron chi connectivity index (χ2n) is 7.29. The van der Waals surface area contributed by atoms with E-state index in [4.69, 9.17) is 0 Å². The first-order chi connectivity index (χ1) is 9.85. The van der Waals surface area contributed by atoms with Crippen LogP contribution in [0.3, 0.4) is 0 Å². The summed E-state index contributed by atoms with van der Waals surface area (Å²) in [6.45, 7) is 11.4. The van der Waals surface area contributed by atoms with Crippen LogP contribution < -0.4 is 5.32 Å². The molecular formula is C17H34ClN3. The van der Waals surface area contributed by atoms with E-state index in [-0.39, 0.29) is 12.4 Å². The largest absolute Gasteiger partial charge is 0.314 e. The predicted octanol–water partition coefficient (Wildman–Crippen LogP) is 2.60. The summed E-state index contributed by atoms with van der Waals surface area (Å²) < 4.78 is 0. The monoisotopic (exact) mass is 315 g/mol. The Morgan fingerprint density at radius 3 is 2.52 bits per heavy atom. The molecule has 3 rings (SSSR count). The molecule has 2 saturated heterocycles. The van der Waals surface area contributed by atoms with Gasteiger partial charge in [-0.1, -0.05) is 26.2 Å². The van der Waals surface area contributed by atoms with Crippen molar-refractivity contribution in [3.8, 4) is 0 Å². The molecule has 3 aliphatic rings. The van der Waals surface area contributed by atoms with Gasteiger partial charge in [-0.3, -0.25) is 4.90 Å². The summed E-state index contributed by atoms with van der Waals surface area (Å²) in [6, 6.07) is 0.850. The molecule has 0 aromatic heterocycles. The standard InChI is InChI=1S/C17H33N3.ClH/c1-2-15-4-3-5-16(12-15)13-19-9-6-17(14-19)20-10-7-18-8-11-20;/h15-18H,2-14H2,1H3;1H. The molecule has 21 heavy (non-hydrogen) atoms. The first-order valence-corrected chi connectivity index (χ1v) is 9.02. The highest BCUT2D eigenvalue weighted by atomic mass is 35.5. The summed E-state index contributed by atoms with van der Waals surface area (Å²) in [5.41, 5.74) is 0. The average Bonchev–Trinajstić information content (AvgIpc) is 2.97. The molecule has 0 aromatic rings. The van der Waals surface area contributed by atoms with Gasteiger partial charge in [-0.2, -0.15) is 0 Å². The fourth-order valence-electron chi connectivity index (χ4n) is 4.63. The molecule has 4 heteroatoms. The lowest BCUT2D eigenvalue weighted by molar-refractivity contribution is 0.155. The number of hydrogen-bond acceptors (Lipinski definition) is 3. The highest BCUT2D eigenvalue weighted by Gasteiger charge is 2.30. The fourth-order valence-corrected chi connectivity index (χ4v) is 4.63. The van der Waals surface area contributed by atoms with Gasteiger partial charge in [0.1, 0.15) is 0 Å². The van der Waals surface area contributed by atoms with E-state index in [1.54, 1.807) is 0 Å². The third-order valence-corrected chi connectivity index (χ3v) is 5.90. The molecule has 2 heterocycles. The van der Waals surface area contributed by atoms with Gasteiger partial charge < -0.3 is 10.2 Å². The molecule has 0 bridgehead atoms. The molecule has 124 valence electrons. The summed E-state index contributed by atoms with van der Waals surface area (Å²) in [6.07, 6.45) is 8.79.